The molecule has 0 radical (unpaired) electrons. The SMILES string of the molecule is CC(=O)[C@@H]1CC2=CC(=O)CCC2(C)C2=CCC3(C)C(CC[C@@]34CCC(=O)O4)C21. The van der Waals surface area contributed by atoms with Crippen molar-refractivity contribution < 1.29 is 19.1 Å². The molecule has 0 amide bonds. The van der Waals surface area contributed by atoms with Crippen molar-refractivity contribution in [1.29, 1.82) is 0 Å². The molecule has 150 valence electrons. The van der Waals surface area contributed by atoms with E-state index in [1.165, 1.54) is 5.57 Å². The van der Waals surface area contributed by atoms with Gasteiger partial charge in [0.25, 0.3) is 0 Å². The van der Waals surface area contributed by atoms with E-state index < -0.39 is 0 Å². The van der Waals surface area contributed by atoms with Crippen molar-refractivity contribution in [3.05, 3.63) is 23.3 Å². The standard InChI is InChI=1S/C24H30O4/c1-14(25)17-13-15-12-16(26)4-8-22(15,2)18-5-9-23(3)19(21(17)18)6-10-24(23)11-7-20(27)28-24/h5,12,17,19,21H,4,6-11,13H2,1-3H3/t17-,19?,21?,22?,23?,24+/m0/s1. The highest BCUT2D eigenvalue weighted by Crippen LogP contribution is 2.69. The lowest BCUT2D eigenvalue weighted by Crippen LogP contribution is -2.53. The van der Waals surface area contributed by atoms with Crippen LogP contribution in [0, 0.1) is 28.6 Å². The van der Waals surface area contributed by atoms with Crippen LogP contribution in [0.1, 0.15) is 72.1 Å². The van der Waals surface area contributed by atoms with E-state index in [0.717, 1.165) is 37.7 Å². The lowest BCUT2D eigenvalue weighted by molar-refractivity contribution is -0.161. The van der Waals surface area contributed by atoms with Crippen LogP contribution in [0.4, 0.5) is 0 Å². The lowest BCUT2D eigenvalue weighted by Gasteiger charge is -2.56. The third-order valence-electron chi connectivity index (χ3n) is 9.25. The molecule has 1 aliphatic heterocycles. The number of ketones is 2. The van der Waals surface area contributed by atoms with E-state index in [1.807, 2.05) is 6.08 Å². The van der Waals surface area contributed by atoms with Crippen LogP contribution in [0.3, 0.4) is 0 Å². The van der Waals surface area contributed by atoms with Crippen LogP contribution in [0.25, 0.3) is 0 Å². The first-order valence-electron chi connectivity index (χ1n) is 10.9. The minimum atomic E-state index is -0.350. The second-order valence-electron chi connectivity index (χ2n) is 10.3. The van der Waals surface area contributed by atoms with E-state index in [2.05, 4.69) is 19.9 Å². The summed E-state index contributed by atoms with van der Waals surface area (Å²) in [6.45, 7) is 6.29. The molecule has 1 spiro atoms. The minimum absolute atomic E-state index is 0.0617. The van der Waals surface area contributed by atoms with Crippen molar-refractivity contribution in [3.8, 4) is 0 Å². The van der Waals surface area contributed by atoms with E-state index >= 15 is 0 Å². The van der Waals surface area contributed by atoms with E-state index in [4.69, 9.17) is 4.74 Å². The normalized spacial score (nSPS) is 47.0. The van der Waals surface area contributed by atoms with Crippen LogP contribution in [-0.2, 0) is 19.1 Å². The fourth-order valence-corrected chi connectivity index (χ4v) is 7.55. The first-order valence-corrected chi connectivity index (χ1v) is 10.9. The zero-order valence-electron chi connectivity index (χ0n) is 17.2. The maximum absolute atomic E-state index is 12.7. The zero-order valence-corrected chi connectivity index (χ0v) is 17.2. The Morgan fingerprint density at radius 2 is 1.93 bits per heavy atom. The van der Waals surface area contributed by atoms with Gasteiger partial charge in [-0.15, -0.1) is 0 Å². The van der Waals surface area contributed by atoms with Gasteiger partial charge >= 0.3 is 5.97 Å². The summed E-state index contributed by atoms with van der Waals surface area (Å²) in [5, 5.41) is 0. The number of allylic oxidation sites excluding steroid dienone is 4. The van der Waals surface area contributed by atoms with E-state index in [9.17, 15) is 14.4 Å². The molecule has 5 aliphatic rings. The van der Waals surface area contributed by atoms with E-state index in [-0.39, 0.29) is 45.8 Å². The molecule has 4 nitrogen and oxygen atoms in total. The molecule has 0 aromatic heterocycles. The fourth-order valence-electron chi connectivity index (χ4n) is 7.55. The Balaban J connectivity index is 1.63. The zero-order chi connectivity index (χ0) is 19.9. The molecule has 3 fully saturated rings. The number of hydrogen-bond acceptors (Lipinski definition) is 4. The molecule has 0 bridgehead atoms. The smallest absolute Gasteiger partial charge is 0.306 e. The highest BCUT2D eigenvalue weighted by atomic mass is 16.6. The number of fused-ring (bicyclic) bond motifs is 6. The summed E-state index contributed by atoms with van der Waals surface area (Å²) in [6, 6.07) is 0. The summed E-state index contributed by atoms with van der Waals surface area (Å²) in [6.07, 6.45) is 10.5. The van der Waals surface area contributed by atoms with Gasteiger partial charge in [0, 0.05) is 29.6 Å². The molecule has 28 heavy (non-hydrogen) atoms. The predicted octanol–water partition coefficient (Wildman–Crippen LogP) is 4.33. The summed E-state index contributed by atoms with van der Waals surface area (Å²) in [5.41, 5.74) is 2.02. The van der Waals surface area contributed by atoms with Crippen molar-refractivity contribution in [1.82, 2.24) is 0 Å². The molecule has 0 aromatic rings. The van der Waals surface area contributed by atoms with Crippen molar-refractivity contribution in [2.24, 2.45) is 28.6 Å². The van der Waals surface area contributed by atoms with Crippen LogP contribution in [-0.4, -0.2) is 23.1 Å². The van der Waals surface area contributed by atoms with Gasteiger partial charge in [-0.3, -0.25) is 14.4 Å². The lowest BCUT2D eigenvalue weighted by atomic mass is 9.47. The van der Waals surface area contributed by atoms with Crippen LogP contribution in [0.15, 0.2) is 23.3 Å². The topological polar surface area (TPSA) is 60.4 Å². The van der Waals surface area contributed by atoms with Crippen molar-refractivity contribution in [2.75, 3.05) is 0 Å². The number of carbonyl (C=O) groups excluding carboxylic acids is 3. The van der Waals surface area contributed by atoms with Crippen molar-refractivity contribution in [2.45, 2.75) is 77.7 Å². The molecule has 5 rings (SSSR count). The highest BCUT2D eigenvalue weighted by Gasteiger charge is 2.66. The summed E-state index contributed by atoms with van der Waals surface area (Å²) >= 11 is 0. The predicted molar refractivity (Wildman–Crippen MR) is 104 cm³/mol. The quantitative estimate of drug-likeness (QED) is 0.500. The van der Waals surface area contributed by atoms with Gasteiger partial charge in [0.15, 0.2) is 5.78 Å². The number of Topliss-reactive ketones (excluding diaryl/α,β-unsaturated/α-hetero) is 1. The Morgan fingerprint density at radius 3 is 2.61 bits per heavy atom. The van der Waals surface area contributed by atoms with Gasteiger partial charge in [0.1, 0.15) is 11.4 Å². The molecule has 1 saturated heterocycles. The molecular weight excluding hydrogens is 352 g/mol. The maximum atomic E-state index is 12.7. The Labute approximate surface area is 166 Å². The van der Waals surface area contributed by atoms with Gasteiger partial charge in [-0.1, -0.05) is 31.1 Å². The van der Waals surface area contributed by atoms with Crippen molar-refractivity contribution in [3.63, 3.8) is 0 Å². The summed E-state index contributed by atoms with van der Waals surface area (Å²) in [4.78, 5) is 36.9. The number of ether oxygens (including phenoxy) is 1. The maximum Gasteiger partial charge on any atom is 0.306 e. The number of hydrogen-bond donors (Lipinski definition) is 0. The summed E-state index contributed by atoms with van der Waals surface area (Å²) in [5.74, 6) is 0.881. The molecule has 0 N–H and O–H groups in total. The average Bonchev–Trinajstić information content (AvgIpc) is 3.16. The Hall–Kier alpha value is -1.71. The largest absolute Gasteiger partial charge is 0.458 e. The third-order valence-corrected chi connectivity index (χ3v) is 9.25. The number of carbonyl (C=O) groups is 3. The fraction of sp³-hybridized carbons (Fsp3) is 0.708. The Kier molecular flexibility index (Phi) is 3.71. The molecule has 0 aromatic carbocycles. The molecule has 1 heterocycles. The van der Waals surface area contributed by atoms with Crippen LogP contribution < -0.4 is 0 Å². The van der Waals surface area contributed by atoms with E-state index in [1.54, 1.807) is 6.92 Å². The minimum Gasteiger partial charge on any atom is -0.458 e. The van der Waals surface area contributed by atoms with Gasteiger partial charge < -0.3 is 4.74 Å². The average molecular weight is 383 g/mol. The first-order chi connectivity index (χ1) is 13.2. The Morgan fingerprint density at radius 1 is 1.14 bits per heavy atom. The second-order valence-corrected chi connectivity index (χ2v) is 10.3. The van der Waals surface area contributed by atoms with Gasteiger partial charge in [0.05, 0.1) is 0 Å². The molecule has 2 saturated carbocycles. The van der Waals surface area contributed by atoms with Gasteiger partial charge in [-0.05, 0) is 63.4 Å². The second kappa shape index (κ2) is 5.67. The number of esters is 1. The third kappa shape index (κ3) is 2.15. The first kappa shape index (κ1) is 18.3. The van der Waals surface area contributed by atoms with E-state index in [0.29, 0.717) is 25.2 Å². The summed E-state index contributed by atoms with van der Waals surface area (Å²) in [7, 11) is 0. The molecular formula is C24H30O4. The highest BCUT2D eigenvalue weighted by molar-refractivity contribution is 5.92. The summed E-state index contributed by atoms with van der Waals surface area (Å²) < 4.78 is 5.99. The van der Waals surface area contributed by atoms with Crippen LogP contribution in [0.5, 0.6) is 0 Å². The van der Waals surface area contributed by atoms with Crippen LogP contribution >= 0.6 is 0 Å². The molecule has 4 heteroatoms. The molecule has 4 unspecified atom stereocenters. The van der Waals surface area contributed by atoms with Gasteiger partial charge in [-0.2, -0.15) is 0 Å². The van der Waals surface area contributed by atoms with Gasteiger partial charge in [-0.25, -0.2) is 0 Å². The Bertz CT molecular complexity index is 851. The van der Waals surface area contributed by atoms with Crippen molar-refractivity contribution >= 4 is 17.5 Å². The van der Waals surface area contributed by atoms with Gasteiger partial charge in [0.2, 0.25) is 0 Å². The monoisotopic (exact) mass is 382 g/mol. The van der Waals surface area contributed by atoms with Crippen LogP contribution in [0.2, 0.25) is 0 Å². The molecule has 6 atom stereocenters. The number of rotatable bonds is 1. The molecule has 4 aliphatic carbocycles.